The van der Waals surface area contributed by atoms with Crippen molar-refractivity contribution in [1.29, 1.82) is 0 Å². The van der Waals surface area contributed by atoms with E-state index in [0.29, 0.717) is 12.5 Å². The van der Waals surface area contributed by atoms with Gasteiger partial charge in [0.15, 0.2) is 5.96 Å². The van der Waals surface area contributed by atoms with Gasteiger partial charge in [0.1, 0.15) is 17.2 Å². The number of alkyl carbamates (subject to hydrolysis) is 1. The average Bonchev–Trinajstić information content (AvgIpc) is 2.62. The number of hydrogen-bond acceptors (Lipinski definition) is 3. The number of rotatable bonds is 5. The van der Waals surface area contributed by atoms with E-state index in [2.05, 4.69) is 20.9 Å². The molecular formula is C21H33F2IN4O2. The number of halogens is 3. The van der Waals surface area contributed by atoms with Crippen LogP contribution in [0.5, 0.6) is 0 Å². The summed E-state index contributed by atoms with van der Waals surface area (Å²) in [5, 5.41) is 9.41. The van der Waals surface area contributed by atoms with Crippen molar-refractivity contribution in [3.63, 3.8) is 0 Å². The molecular weight excluding hydrogens is 505 g/mol. The molecule has 30 heavy (non-hydrogen) atoms. The van der Waals surface area contributed by atoms with Gasteiger partial charge in [0.2, 0.25) is 0 Å². The Balaban J connectivity index is 0.00000450. The molecule has 0 aromatic heterocycles. The molecule has 1 fully saturated rings. The van der Waals surface area contributed by atoms with E-state index >= 15 is 0 Å². The van der Waals surface area contributed by atoms with Crippen LogP contribution in [0.3, 0.4) is 0 Å². The molecule has 0 atom stereocenters. The molecule has 1 aromatic carbocycles. The van der Waals surface area contributed by atoms with Gasteiger partial charge in [-0.25, -0.2) is 18.6 Å². The molecule has 0 aliphatic heterocycles. The van der Waals surface area contributed by atoms with Gasteiger partial charge in [-0.1, -0.05) is 0 Å². The maximum absolute atomic E-state index is 13.8. The lowest BCUT2D eigenvalue weighted by molar-refractivity contribution is 0.0490. The molecule has 1 aliphatic rings. The Morgan fingerprint density at radius 3 is 2.30 bits per heavy atom. The molecule has 6 nitrogen and oxygen atoms in total. The highest BCUT2D eigenvalue weighted by Gasteiger charge is 2.25. The van der Waals surface area contributed by atoms with Crippen molar-refractivity contribution in [2.75, 3.05) is 6.54 Å². The van der Waals surface area contributed by atoms with E-state index < -0.39 is 17.2 Å². The number of carbonyl (C=O) groups excluding carboxylic acids is 1. The van der Waals surface area contributed by atoms with E-state index in [-0.39, 0.29) is 54.3 Å². The van der Waals surface area contributed by atoms with Crippen molar-refractivity contribution < 1.29 is 18.3 Å². The van der Waals surface area contributed by atoms with Gasteiger partial charge in [0, 0.05) is 24.2 Å². The Morgan fingerprint density at radius 2 is 1.73 bits per heavy atom. The molecule has 0 saturated heterocycles. The van der Waals surface area contributed by atoms with Crippen molar-refractivity contribution in [3.8, 4) is 0 Å². The van der Waals surface area contributed by atoms with E-state index in [1.807, 2.05) is 27.7 Å². The fraction of sp³-hybridized carbons (Fsp3) is 0.619. The van der Waals surface area contributed by atoms with Crippen LogP contribution >= 0.6 is 24.0 Å². The predicted molar refractivity (Wildman–Crippen MR) is 125 cm³/mol. The van der Waals surface area contributed by atoms with E-state index in [0.717, 1.165) is 43.9 Å². The van der Waals surface area contributed by atoms with E-state index in [9.17, 15) is 13.6 Å². The first-order chi connectivity index (χ1) is 13.7. The summed E-state index contributed by atoms with van der Waals surface area (Å²) in [6.45, 7) is 8.17. The highest BCUT2D eigenvalue weighted by molar-refractivity contribution is 14.0. The van der Waals surface area contributed by atoms with Gasteiger partial charge in [-0.05, 0) is 71.6 Å². The lowest BCUT2D eigenvalue weighted by Gasteiger charge is -2.31. The molecule has 1 amide bonds. The fourth-order valence-electron chi connectivity index (χ4n) is 3.20. The second-order valence-corrected chi connectivity index (χ2v) is 8.27. The van der Waals surface area contributed by atoms with Crippen LogP contribution in [0.4, 0.5) is 13.6 Å². The SMILES string of the molecule is CCNC(=NCc1cc(F)ccc1F)NC1CCC(NC(=O)OC(C)(C)C)CC1.I. The lowest BCUT2D eigenvalue weighted by Crippen LogP contribution is -2.48. The first-order valence-corrected chi connectivity index (χ1v) is 10.1. The van der Waals surface area contributed by atoms with Crippen LogP contribution in [0, 0.1) is 11.6 Å². The van der Waals surface area contributed by atoms with Gasteiger partial charge in [0.25, 0.3) is 0 Å². The van der Waals surface area contributed by atoms with Crippen molar-refractivity contribution in [2.24, 2.45) is 4.99 Å². The van der Waals surface area contributed by atoms with Crippen LogP contribution in [0.1, 0.15) is 58.9 Å². The second kappa shape index (κ2) is 12.3. The van der Waals surface area contributed by atoms with Crippen LogP contribution in [0.25, 0.3) is 0 Å². The van der Waals surface area contributed by atoms with Crippen LogP contribution in [-0.2, 0) is 11.3 Å². The first kappa shape index (κ1) is 26.4. The topological polar surface area (TPSA) is 74.8 Å². The minimum atomic E-state index is -0.513. The maximum atomic E-state index is 13.8. The highest BCUT2D eigenvalue weighted by Crippen LogP contribution is 2.19. The van der Waals surface area contributed by atoms with Gasteiger partial charge >= 0.3 is 6.09 Å². The number of amides is 1. The molecule has 0 bridgehead atoms. The molecule has 1 aromatic rings. The molecule has 0 heterocycles. The third kappa shape index (κ3) is 9.44. The maximum Gasteiger partial charge on any atom is 0.407 e. The Kier molecular flexibility index (Phi) is 10.8. The number of nitrogens with zero attached hydrogens (tertiary/aromatic N) is 1. The largest absolute Gasteiger partial charge is 0.444 e. The van der Waals surface area contributed by atoms with Gasteiger partial charge in [-0.2, -0.15) is 0 Å². The molecule has 1 aliphatic carbocycles. The number of benzene rings is 1. The number of hydrogen-bond donors (Lipinski definition) is 3. The third-order valence-corrected chi connectivity index (χ3v) is 4.55. The quantitative estimate of drug-likeness (QED) is 0.294. The summed E-state index contributed by atoms with van der Waals surface area (Å²) in [5.74, 6) is -0.384. The Hall–Kier alpha value is -1.65. The Bertz CT molecular complexity index is 717. The zero-order chi connectivity index (χ0) is 21.4. The number of aliphatic imine (C=N–C) groups is 1. The van der Waals surface area contributed by atoms with Gasteiger partial charge in [-0.3, -0.25) is 0 Å². The summed E-state index contributed by atoms with van der Waals surface area (Å²) >= 11 is 0. The normalized spacial score (nSPS) is 19.5. The molecule has 3 N–H and O–H groups in total. The van der Waals surface area contributed by atoms with E-state index in [1.54, 1.807) is 0 Å². The van der Waals surface area contributed by atoms with Gasteiger partial charge < -0.3 is 20.7 Å². The summed E-state index contributed by atoms with van der Waals surface area (Å²) in [7, 11) is 0. The summed E-state index contributed by atoms with van der Waals surface area (Å²) in [6.07, 6.45) is 2.99. The number of guanidine groups is 1. The van der Waals surface area contributed by atoms with Crippen LogP contribution < -0.4 is 16.0 Å². The summed E-state index contributed by atoms with van der Waals surface area (Å²) < 4.78 is 32.4. The average molecular weight is 538 g/mol. The zero-order valence-corrected chi connectivity index (χ0v) is 20.4. The van der Waals surface area contributed by atoms with Crippen LogP contribution in [-0.4, -0.2) is 36.3 Å². The standard InChI is InChI=1S/C21H32F2N4O2.HI/c1-5-24-19(25-13-14-12-15(22)6-11-18(14)23)26-16-7-9-17(10-8-16)27-20(28)29-21(2,3)4;/h6,11-12,16-17H,5,7-10,13H2,1-4H3,(H,27,28)(H2,24,25,26);1H. The van der Waals surface area contributed by atoms with Crippen LogP contribution in [0.15, 0.2) is 23.2 Å². The molecule has 1 saturated carbocycles. The lowest BCUT2D eigenvalue weighted by atomic mass is 9.91. The van der Waals surface area contributed by atoms with E-state index in [1.165, 1.54) is 0 Å². The molecule has 0 radical (unpaired) electrons. The van der Waals surface area contributed by atoms with Crippen molar-refractivity contribution >= 4 is 36.0 Å². The fourth-order valence-corrected chi connectivity index (χ4v) is 3.20. The second-order valence-electron chi connectivity index (χ2n) is 8.27. The molecule has 0 spiro atoms. The third-order valence-electron chi connectivity index (χ3n) is 4.55. The van der Waals surface area contributed by atoms with E-state index in [4.69, 9.17) is 4.74 Å². The Morgan fingerprint density at radius 1 is 1.13 bits per heavy atom. The summed E-state index contributed by atoms with van der Waals surface area (Å²) in [4.78, 5) is 16.3. The van der Waals surface area contributed by atoms with Crippen molar-refractivity contribution in [2.45, 2.75) is 77.6 Å². The Labute approximate surface area is 194 Å². The van der Waals surface area contributed by atoms with Crippen molar-refractivity contribution in [1.82, 2.24) is 16.0 Å². The predicted octanol–water partition coefficient (Wildman–Crippen LogP) is 4.47. The minimum Gasteiger partial charge on any atom is -0.444 e. The smallest absolute Gasteiger partial charge is 0.407 e. The molecule has 170 valence electrons. The first-order valence-electron chi connectivity index (χ1n) is 10.1. The molecule has 9 heteroatoms. The highest BCUT2D eigenvalue weighted by atomic mass is 127. The molecule has 2 rings (SSSR count). The summed E-state index contributed by atoms with van der Waals surface area (Å²) in [5.41, 5.74) is -0.297. The monoisotopic (exact) mass is 538 g/mol. The van der Waals surface area contributed by atoms with Crippen LogP contribution in [0.2, 0.25) is 0 Å². The van der Waals surface area contributed by atoms with Crippen molar-refractivity contribution in [3.05, 3.63) is 35.4 Å². The summed E-state index contributed by atoms with van der Waals surface area (Å²) in [6, 6.07) is 3.65. The number of carbonyl (C=O) groups is 1. The zero-order valence-electron chi connectivity index (χ0n) is 18.1. The number of nitrogens with one attached hydrogen (secondary N) is 3. The number of ether oxygens (including phenoxy) is 1. The minimum absolute atomic E-state index is 0. The van der Waals surface area contributed by atoms with Gasteiger partial charge in [0.05, 0.1) is 6.54 Å². The van der Waals surface area contributed by atoms with Gasteiger partial charge in [-0.15, -0.1) is 24.0 Å². The molecule has 0 unspecified atom stereocenters.